The number of hydrogen-bond acceptors (Lipinski definition) is 0. The molecule has 5 heteroatoms. The van der Waals surface area contributed by atoms with E-state index in [1.807, 2.05) is 0 Å². The van der Waals surface area contributed by atoms with Crippen LogP contribution in [0.2, 0.25) is 0 Å². The number of halogens is 5. The van der Waals surface area contributed by atoms with Crippen LogP contribution >= 0.6 is 11.6 Å². The van der Waals surface area contributed by atoms with E-state index in [1.165, 1.54) is 36.4 Å². The van der Waals surface area contributed by atoms with E-state index in [9.17, 15) is 17.6 Å². The summed E-state index contributed by atoms with van der Waals surface area (Å²) in [6.07, 6.45) is -4.36. The van der Waals surface area contributed by atoms with Crippen molar-refractivity contribution in [3.05, 3.63) is 71.0 Å². The molecule has 0 aliphatic heterocycles. The highest BCUT2D eigenvalue weighted by atomic mass is 35.5. The minimum absolute atomic E-state index is 0.389. The van der Waals surface area contributed by atoms with E-state index in [-0.39, 0.29) is 5.82 Å². The van der Waals surface area contributed by atoms with Gasteiger partial charge in [-0.1, -0.05) is 24.3 Å². The first-order chi connectivity index (χ1) is 8.88. The van der Waals surface area contributed by atoms with Crippen molar-refractivity contribution in [2.75, 3.05) is 0 Å². The standard InChI is InChI=1S/C14H9ClF4/c15-13(10-3-7-12(16)8-4-10)9-1-5-11(6-2-9)14(17,18)19/h1-8,13H/t13-/m0/s1. The van der Waals surface area contributed by atoms with Crippen LogP contribution in [0.5, 0.6) is 0 Å². The number of rotatable bonds is 2. The highest BCUT2D eigenvalue weighted by Crippen LogP contribution is 2.33. The summed E-state index contributed by atoms with van der Waals surface area (Å²) in [7, 11) is 0. The van der Waals surface area contributed by atoms with E-state index in [0.29, 0.717) is 11.1 Å². The van der Waals surface area contributed by atoms with Gasteiger partial charge in [0, 0.05) is 0 Å². The van der Waals surface area contributed by atoms with Gasteiger partial charge in [0.25, 0.3) is 0 Å². The van der Waals surface area contributed by atoms with Gasteiger partial charge in [0.15, 0.2) is 0 Å². The second-order valence-corrected chi connectivity index (χ2v) is 4.47. The lowest BCUT2D eigenvalue weighted by Crippen LogP contribution is -2.05. The van der Waals surface area contributed by atoms with Gasteiger partial charge in [-0.25, -0.2) is 4.39 Å². The zero-order chi connectivity index (χ0) is 14.0. The summed E-state index contributed by atoms with van der Waals surface area (Å²) in [6.45, 7) is 0. The lowest BCUT2D eigenvalue weighted by atomic mass is 10.0. The average Bonchev–Trinajstić information content (AvgIpc) is 2.38. The van der Waals surface area contributed by atoms with Crippen molar-refractivity contribution in [3.8, 4) is 0 Å². The minimum atomic E-state index is -4.36. The molecule has 0 unspecified atom stereocenters. The fourth-order valence-corrected chi connectivity index (χ4v) is 1.96. The molecule has 0 aromatic heterocycles. The summed E-state index contributed by atoms with van der Waals surface area (Å²) >= 11 is 6.15. The van der Waals surface area contributed by atoms with Gasteiger partial charge in [0.1, 0.15) is 5.82 Å². The van der Waals surface area contributed by atoms with Crippen LogP contribution in [0.4, 0.5) is 17.6 Å². The zero-order valence-corrected chi connectivity index (χ0v) is 10.3. The molecule has 19 heavy (non-hydrogen) atoms. The van der Waals surface area contributed by atoms with Crippen molar-refractivity contribution >= 4 is 11.6 Å². The second kappa shape index (κ2) is 5.21. The molecule has 0 spiro atoms. The van der Waals surface area contributed by atoms with Gasteiger partial charge in [-0.2, -0.15) is 13.2 Å². The van der Waals surface area contributed by atoms with Crippen molar-refractivity contribution in [1.82, 2.24) is 0 Å². The molecule has 0 aliphatic rings. The normalized spacial score (nSPS) is 13.3. The molecule has 0 nitrogen and oxygen atoms in total. The number of benzene rings is 2. The molecule has 0 saturated heterocycles. The molecule has 2 rings (SSSR count). The summed E-state index contributed by atoms with van der Waals surface area (Å²) in [5.41, 5.74) is 0.434. The molecule has 1 atom stereocenters. The van der Waals surface area contributed by atoms with E-state index in [1.54, 1.807) is 0 Å². The monoisotopic (exact) mass is 288 g/mol. The van der Waals surface area contributed by atoms with Gasteiger partial charge in [0.2, 0.25) is 0 Å². The third-order valence-electron chi connectivity index (χ3n) is 2.69. The second-order valence-electron chi connectivity index (χ2n) is 4.03. The maximum absolute atomic E-state index is 12.8. The number of alkyl halides is 4. The molecule has 0 bridgehead atoms. The molecule has 2 aromatic rings. The van der Waals surface area contributed by atoms with Crippen LogP contribution in [-0.4, -0.2) is 0 Å². The Balaban J connectivity index is 2.25. The maximum Gasteiger partial charge on any atom is 0.416 e. The molecule has 0 saturated carbocycles. The molecule has 0 radical (unpaired) electrons. The Morgan fingerprint density at radius 3 is 1.63 bits per heavy atom. The summed E-state index contributed by atoms with van der Waals surface area (Å²) in [6, 6.07) is 10.1. The highest BCUT2D eigenvalue weighted by molar-refractivity contribution is 6.22. The van der Waals surface area contributed by atoms with Crippen molar-refractivity contribution in [1.29, 1.82) is 0 Å². The van der Waals surface area contributed by atoms with Gasteiger partial charge in [-0.15, -0.1) is 11.6 Å². The molecule has 100 valence electrons. The molecular formula is C14H9ClF4. The van der Waals surface area contributed by atoms with E-state index >= 15 is 0 Å². The third-order valence-corrected chi connectivity index (χ3v) is 3.20. The van der Waals surface area contributed by atoms with Gasteiger partial charge in [0.05, 0.1) is 10.9 Å². The Morgan fingerprint density at radius 1 is 0.789 bits per heavy atom. The quantitative estimate of drug-likeness (QED) is 0.528. The Morgan fingerprint density at radius 2 is 1.21 bits per heavy atom. The molecule has 0 fully saturated rings. The van der Waals surface area contributed by atoms with Gasteiger partial charge in [-0.3, -0.25) is 0 Å². The first-order valence-corrected chi connectivity index (χ1v) is 5.88. The van der Waals surface area contributed by atoms with Crippen molar-refractivity contribution in [2.45, 2.75) is 11.6 Å². The highest BCUT2D eigenvalue weighted by Gasteiger charge is 2.30. The van der Waals surface area contributed by atoms with Gasteiger partial charge < -0.3 is 0 Å². The fraction of sp³-hybridized carbons (Fsp3) is 0.143. The molecule has 2 aromatic carbocycles. The Labute approximate surface area is 112 Å². The minimum Gasteiger partial charge on any atom is -0.207 e. The van der Waals surface area contributed by atoms with Gasteiger partial charge >= 0.3 is 6.18 Å². The van der Waals surface area contributed by atoms with Crippen LogP contribution in [0.15, 0.2) is 48.5 Å². The summed E-state index contributed by atoms with van der Waals surface area (Å²) in [5, 5.41) is -0.608. The van der Waals surface area contributed by atoms with Gasteiger partial charge in [-0.05, 0) is 35.4 Å². The van der Waals surface area contributed by atoms with Crippen molar-refractivity contribution in [3.63, 3.8) is 0 Å². The predicted molar refractivity (Wildman–Crippen MR) is 65.5 cm³/mol. The van der Waals surface area contributed by atoms with Crippen LogP contribution in [0, 0.1) is 5.82 Å². The molecule has 0 amide bonds. The molecule has 0 N–H and O–H groups in total. The van der Waals surface area contributed by atoms with E-state index in [4.69, 9.17) is 11.6 Å². The van der Waals surface area contributed by atoms with Crippen LogP contribution in [0.25, 0.3) is 0 Å². The van der Waals surface area contributed by atoms with E-state index in [2.05, 4.69) is 0 Å². The first kappa shape index (κ1) is 13.9. The summed E-state index contributed by atoms with van der Waals surface area (Å²) < 4.78 is 50.0. The average molecular weight is 289 g/mol. The molecule has 0 heterocycles. The smallest absolute Gasteiger partial charge is 0.207 e. The van der Waals surface area contributed by atoms with Crippen LogP contribution in [-0.2, 0) is 6.18 Å². The largest absolute Gasteiger partial charge is 0.416 e. The number of hydrogen-bond donors (Lipinski definition) is 0. The summed E-state index contributed by atoms with van der Waals surface area (Å²) in [4.78, 5) is 0. The lowest BCUT2D eigenvalue weighted by molar-refractivity contribution is -0.137. The maximum atomic E-state index is 12.8. The molecule has 0 aliphatic carbocycles. The van der Waals surface area contributed by atoms with Crippen LogP contribution < -0.4 is 0 Å². The van der Waals surface area contributed by atoms with E-state index < -0.39 is 17.1 Å². The first-order valence-electron chi connectivity index (χ1n) is 5.44. The third kappa shape index (κ3) is 3.26. The predicted octanol–water partition coefficient (Wildman–Crippen LogP) is 5.17. The SMILES string of the molecule is Fc1ccc([C@@H](Cl)c2ccc(C(F)(F)F)cc2)cc1. The Bertz CT molecular complexity index is 543. The Kier molecular flexibility index (Phi) is 3.80. The van der Waals surface area contributed by atoms with Crippen LogP contribution in [0.3, 0.4) is 0 Å². The summed E-state index contributed by atoms with van der Waals surface area (Å²) in [5.74, 6) is -0.389. The van der Waals surface area contributed by atoms with Crippen LogP contribution in [0.1, 0.15) is 22.1 Å². The molecular weight excluding hydrogens is 280 g/mol. The van der Waals surface area contributed by atoms with Crippen molar-refractivity contribution in [2.24, 2.45) is 0 Å². The Hall–Kier alpha value is -1.55. The lowest BCUT2D eigenvalue weighted by Gasteiger charge is -2.12. The van der Waals surface area contributed by atoms with Crippen molar-refractivity contribution < 1.29 is 17.6 Å². The topological polar surface area (TPSA) is 0 Å². The fourth-order valence-electron chi connectivity index (χ4n) is 1.67. The zero-order valence-electron chi connectivity index (χ0n) is 9.59. The van der Waals surface area contributed by atoms with E-state index in [0.717, 1.165) is 12.1 Å².